The van der Waals surface area contributed by atoms with Crippen LogP contribution >= 0.6 is 0 Å². The zero-order valence-corrected chi connectivity index (χ0v) is 24.7. The van der Waals surface area contributed by atoms with Gasteiger partial charge in [0.15, 0.2) is 0 Å². The zero-order valence-electron chi connectivity index (χ0n) is 24.7. The number of hydrogen-bond donors (Lipinski definition) is 0. The first-order valence-electron chi connectivity index (χ1n) is 14.7. The molecule has 0 aliphatic heterocycles. The van der Waals surface area contributed by atoms with Gasteiger partial charge in [0.2, 0.25) is 0 Å². The van der Waals surface area contributed by atoms with Gasteiger partial charge in [-0.05, 0) is 72.8 Å². The van der Waals surface area contributed by atoms with Gasteiger partial charge in [0, 0.05) is 44.3 Å². The van der Waals surface area contributed by atoms with Gasteiger partial charge in [0.25, 0.3) is 0 Å². The molecule has 0 fully saturated rings. The number of fused-ring (bicyclic) bond motifs is 2. The van der Waals surface area contributed by atoms with Crippen LogP contribution < -0.4 is 19.3 Å². The van der Waals surface area contributed by atoms with Gasteiger partial charge in [0.1, 0.15) is 11.5 Å². The highest BCUT2D eigenvalue weighted by Gasteiger charge is 2.25. The lowest BCUT2D eigenvalue weighted by atomic mass is 9.95. The number of ether oxygens (including phenoxy) is 2. The first-order valence-corrected chi connectivity index (χ1v) is 14.7. The molecule has 44 heavy (non-hydrogen) atoms. The van der Waals surface area contributed by atoms with E-state index >= 15 is 0 Å². The van der Waals surface area contributed by atoms with Crippen molar-refractivity contribution in [2.75, 3.05) is 24.0 Å². The minimum atomic E-state index is 0.824. The van der Waals surface area contributed by atoms with Crippen molar-refractivity contribution < 1.29 is 9.47 Å². The van der Waals surface area contributed by atoms with E-state index in [9.17, 15) is 0 Å². The van der Waals surface area contributed by atoms with Crippen LogP contribution in [0.25, 0.3) is 21.5 Å². The van der Waals surface area contributed by atoms with E-state index in [-0.39, 0.29) is 0 Å². The summed E-state index contributed by atoms with van der Waals surface area (Å²) in [5.41, 5.74) is 6.51. The summed E-state index contributed by atoms with van der Waals surface area (Å²) in [5, 5.41) is 4.59. The van der Waals surface area contributed by atoms with Gasteiger partial charge >= 0.3 is 0 Å². The first kappa shape index (κ1) is 27.1. The van der Waals surface area contributed by atoms with Crippen molar-refractivity contribution in [2.45, 2.75) is 0 Å². The molecule has 7 rings (SSSR count). The van der Waals surface area contributed by atoms with Crippen LogP contribution in [-0.2, 0) is 0 Å². The molecule has 0 spiro atoms. The Morgan fingerprint density at radius 3 is 0.886 bits per heavy atom. The molecule has 214 valence electrons. The molecule has 0 unspecified atom stereocenters. The predicted octanol–water partition coefficient (Wildman–Crippen LogP) is 10.9. The number of nitrogens with zero attached hydrogens (tertiary/aromatic N) is 2. The lowest BCUT2D eigenvalue weighted by Gasteiger charge is -2.32. The van der Waals surface area contributed by atoms with Gasteiger partial charge in [0.05, 0.1) is 25.6 Å². The van der Waals surface area contributed by atoms with Gasteiger partial charge in [-0.1, -0.05) is 84.9 Å². The van der Waals surface area contributed by atoms with E-state index in [1.54, 1.807) is 14.2 Å². The summed E-state index contributed by atoms with van der Waals surface area (Å²) in [6, 6.07) is 55.1. The van der Waals surface area contributed by atoms with Crippen LogP contribution in [0.3, 0.4) is 0 Å². The smallest absolute Gasteiger partial charge is 0.119 e. The number of hydrogen-bond acceptors (Lipinski definition) is 4. The van der Waals surface area contributed by atoms with E-state index in [2.05, 4.69) is 143 Å². The molecule has 7 aromatic rings. The molecule has 0 aromatic heterocycles. The van der Waals surface area contributed by atoms with Crippen LogP contribution in [-0.4, -0.2) is 14.2 Å². The fraction of sp³-hybridized carbons (Fsp3) is 0.0500. The molecule has 0 bridgehead atoms. The molecule has 4 nitrogen and oxygen atoms in total. The maximum Gasteiger partial charge on any atom is 0.119 e. The summed E-state index contributed by atoms with van der Waals surface area (Å²) in [4.78, 5) is 4.71. The van der Waals surface area contributed by atoms with Crippen molar-refractivity contribution in [3.8, 4) is 11.5 Å². The Hall–Kier alpha value is -5.74. The Balaban J connectivity index is 1.58. The molecule has 0 saturated heterocycles. The van der Waals surface area contributed by atoms with Crippen molar-refractivity contribution in [1.29, 1.82) is 0 Å². The topological polar surface area (TPSA) is 24.9 Å². The van der Waals surface area contributed by atoms with Crippen LogP contribution in [0, 0.1) is 0 Å². The molecule has 0 radical (unpaired) electrons. The molecule has 4 heteroatoms. The molecule has 0 atom stereocenters. The standard InChI is InChI=1S/C40H32N2O2/c1-43-33-25-21-31(22-26-33)41(29-13-5-3-6-14-29)39-35-17-9-11-19-37(35)40(38-20-12-10-18-36(38)39)42(30-15-7-4-8-16-30)32-23-27-34(44-2)28-24-32/h3-28H,1-2H3. The average Bonchev–Trinajstić information content (AvgIpc) is 3.11. The summed E-state index contributed by atoms with van der Waals surface area (Å²) in [5.74, 6) is 1.65. The van der Waals surface area contributed by atoms with Crippen LogP contribution in [0.2, 0.25) is 0 Å². The SMILES string of the molecule is COc1ccc(N(c2ccccc2)c2c3ccccc3c(N(c3ccccc3)c3ccc(OC)cc3)c3ccccc23)cc1. The van der Waals surface area contributed by atoms with Gasteiger partial charge in [-0.25, -0.2) is 0 Å². The summed E-state index contributed by atoms with van der Waals surface area (Å²) in [6.45, 7) is 0. The summed E-state index contributed by atoms with van der Waals surface area (Å²) in [6.07, 6.45) is 0. The molecule has 0 saturated carbocycles. The highest BCUT2D eigenvalue weighted by molar-refractivity contribution is 6.23. The van der Waals surface area contributed by atoms with E-state index in [1.165, 1.54) is 0 Å². The van der Waals surface area contributed by atoms with E-state index in [0.717, 1.165) is 67.2 Å². The molecule has 0 aliphatic rings. The number of rotatable bonds is 8. The highest BCUT2D eigenvalue weighted by atomic mass is 16.5. The Bertz CT molecular complexity index is 1820. The summed E-state index contributed by atoms with van der Waals surface area (Å²) in [7, 11) is 3.40. The number of benzene rings is 7. The minimum absolute atomic E-state index is 0.824. The van der Waals surface area contributed by atoms with Crippen LogP contribution in [0.1, 0.15) is 0 Å². The summed E-state index contributed by atoms with van der Waals surface area (Å²) >= 11 is 0. The third-order valence-corrected chi connectivity index (χ3v) is 8.01. The fourth-order valence-electron chi connectivity index (χ4n) is 6.00. The number of para-hydroxylation sites is 2. The van der Waals surface area contributed by atoms with Crippen molar-refractivity contribution in [1.82, 2.24) is 0 Å². The molecule has 0 aliphatic carbocycles. The van der Waals surface area contributed by atoms with E-state index in [4.69, 9.17) is 9.47 Å². The lowest BCUT2D eigenvalue weighted by molar-refractivity contribution is 0.414. The van der Waals surface area contributed by atoms with E-state index < -0.39 is 0 Å². The second kappa shape index (κ2) is 11.9. The quantitative estimate of drug-likeness (QED) is 0.134. The maximum atomic E-state index is 5.51. The Labute approximate surface area is 257 Å². The molecule has 0 amide bonds. The third-order valence-electron chi connectivity index (χ3n) is 8.01. The normalized spacial score (nSPS) is 11.0. The van der Waals surface area contributed by atoms with Gasteiger partial charge in [-0.15, -0.1) is 0 Å². The molecular weight excluding hydrogens is 540 g/mol. The van der Waals surface area contributed by atoms with Crippen molar-refractivity contribution in [2.24, 2.45) is 0 Å². The van der Waals surface area contributed by atoms with Gasteiger partial charge < -0.3 is 19.3 Å². The third kappa shape index (κ3) is 4.87. The van der Waals surface area contributed by atoms with Gasteiger partial charge in [-0.3, -0.25) is 0 Å². The molecule has 0 heterocycles. The fourth-order valence-corrected chi connectivity index (χ4v) is 6.00. The largest absolute Gasteiger partial charge is 0.497 e. The Kier molecular flexibility index (Phi) is 7.31. The van der Waals surface area contributed by atoms with E-state index in [1.807, 2.05) is 24.3 Å². The predicted molar refractivity (Wildman–Crippen MR) is 184 cm³/mol. The first-order chi connectivity index (χ1) is 21.8. The van der Waals surface area contributed by atoms with Crippen LogP contribution in [0.4, 0.5) is 34.1 Å². The Morgan fingerprint density at radius 2 is 0.591 bits per heavy atom. The second-order valence-electron chi connectivity index (χ2n) is 10.5. The second-order valence-corrected chi connectivity index (χ2v) is 10.5. The number of methoxy groups -OCH3 is 2. The highest BCUT2D eigenvalue weighted by Crippen LogP contribution is 2.50. The Morgan fingerprint density at radius 1 is 0.318 bits per heavy atom. The van der Waals surface area contributed by atoms with Crippen molar-refractivity contribution >= 4 is 55.7 Å². The van der Waals surface area contributed by atoms with Crippen molar-refractivity contribution in [3.63, 3.8) is 0 Å². The van der Waals surface area contributed by atoms with Crippen molar-refractivity contribution in [3.05, 3.63) is 158 Å². The average molecular weight is 573 g/mol. The molecular formula is C40H32N2O2. The minimum Gasteiger partial charge on any atom is -0.497 e. The zero-order chi connectivity index (χ0) is 29.9. The van der Waals surface area contributed by atoms with Crippen LogP contribution in [0.5, 0.6) is 11.5 Å². The summed E-state index contributed by atoms with van der Waals surface area (Å²) < 4.78 is 11.0. The number of anilines is 6. The molecule has 0 N–H and O–H groups in total. The lowest BCUT2D eigenvalue weighted by Crippen LogP contribution is -2.14. The van der Waals surface area contributed by atoms with Gasteiger partial charge in [-0.2, -0.15) is 0 Å². The van der Waals surface area contributed by atoms with Crippen LogP contribution in [0.15, 0.2) is 158 Å². The molecule has 7 aromatic carbocycles. The monoisotopic (exact) mass is 572 g/mol. The van der Waals surface area contributed by atoms with E-state index in [0.29, 0.717) is 0 Å². The maximum absolute atomic E-state index is 5.51.